The molecule has 0 spiro atoms. The first kappa shape index (κ1) is 13.4. The summed E-state index contributed by atoms with van der Waals surface area (Å²) in [6.07, 6.45) is 3.41. The third-order valence-corrected chi connectivity index (χ3v) is 3.20. The van der Waals surface area contributed by atoms with Gasteiger partial charge in [-0.2, -0.15) is 0 Å². The van der Waals surface area contributed by atoms with Crippen molar-refractivity contribution in [3.05, 3.63) is 59.4 Å². The zero-order valence-corrected chi connectivity index (χ0v) is 11.3. The number of carbonyl (C=O) groups is 1. The molecule has 1 saturated heterocycles. The predicted molar refractivity (Wildman–Crippen MR) is 78.0 cm³/mol. The van der Waals surface area contributed by atoms with Gasteiger partial charge in [0.2, 0.25) is 0 Å². The number of aryl methyl sites for hydroxylation is 1. The molecule has 0 amide bonds. The van der Waals surface area contributed by atoms with Crippen molar-refractivity contribution in [1.29, 1.82) is 0 Å². The van der Waals surface area contributed by atoms with Crippen LogP contribution in [-0.2, 0) is 0 Å². The minimum absolute atomic E-state index is 0.0665. The average molecular weight is 256 g/mol. The number of hydrogen-bond acceptors (Lipinski definition) is 3. The van der Waals surface area contributed by atoms with Gasteiger partial charge >= 0.3 is 0 Å². The SMILES string of the molecule is C=CCC(C(=O)c1ccc(C)cc1)=C1NCCCN1. The van der Waals surface area contributed by atoms with Crippen molar-refractivity contribution >= 4 is 5.78 Å². The maximum atomic E-state index is 12.6. The molecule has 100 valence electrons. The molecule has 0 unspecified atom stereocenters. The van der Waals surface area contributed by atoms with E-state index in [1.807, 2.05) is 31.2 Å². The van der Waals surface area contributed by atoms with Gasteiger partial charge in [-0.3, -0.25) is 4.79 Å². The highest BCUT2D eigenvalue weighted by Crippen LogP contribution is 2.16. The Hall–Kier alpha value is -2.03. The highest BCUT2D eigenvalue weighted by molar-refractivity contribution is 6.09. The second-order valence-corrected chi connectivity index (χ2v) is 4.75. The molecule has 0 atom stereocenters. The molecular weight excluding hydrogens is 236 g/mol. The Balaban J connectivity index is 2.30. The van der Waals surface area contributed by atoms with Gasteiger partial charge in [-0.1, -0.05) is 35.9 Å². The molecule has 2 N–H and O–H groups in total. The summed E-state index contributed by atoms with van der Waals surface area (Å²) in [6.45, 7) is 7.57. The highest BCUT2D eigenvalue weighted by Gasteiger charge is 2.17. The van der Waals surface area contributed by atoms with Gasteiger partial charge in [-0.25, -0.2) is 0 Å². The zero-order valence-electron chi connectivity index (χ0n) is 11.3. The fraction of sp³-hybridized carbons (Fsp3) is 0.312. The lowest BCUT2D eigenvalue weighted by Crippen LogP contribution is -2.37. The Bertz CT molecular complexity index is 492. The Morgan fingerprint density at radius 3 is 2.47 bits per heavy atom. The molecule has 19 heavy (non-hydrogen) atoms. The first-order valence-corrected chi connectivity index (χ1v) is 6.65. The molecule has 0 bridgehead atoms. The van der Waals surface area contributed by atoms with Gasteiger partial charge in [0.1, 0.15) is 5.82 Å². The van der Waals surface area contributed by atoms with E-state index in [1.54, 1.807) is 6.08 Å². The summed E-state index contributed by atoms with van der Waals surface area (Å²) in [6, 6.07) is 7.69. The number of carbonyl (C=O) groups excluding carboxylic acids is 1. The number of Topliss-reactive ketones (excluding diaryl/α,β-unsaturated/α-hetero) is 1. The lowest BCUT2D eigenvalue weighted by Gasteiger charge is -2.22. The van der Waals surface area contributed by atoms with E-state index in [0.717, 1.165) is 42.0 Å². The highest BCUT2D eigenvalue weighted by atomic mass is 16.1. The molecule has 1 aliphatic heterocycles. The molecule has 2 rings (SSSR count). The van der Waals surface area contributed by atoms with Gasteiger partial charge < -0.3 is 10.6 Å². The lowest BCUT2D eigenvalue weighted by molar-refractivity contribution is 0.102. The van der Waals surface area contributed by atoms with E-state index in [9.17, 15) is 4.79 Å². The van der Waals surface area contributed by atoms with Crippen LogP contribution >= 0.6 is 0 Å². The first-order chi connectivity index (χ1) is 9.22. The van der Waals surface area contributed by atoms with Crippen molar-refractivity contribution in [2.75, 3.05) is 13.1 Å². The molecule has 3 nitrogen and oxygen atoms in total. The van der Waals surface area contributed by atoms with Gasteiger partial charge in [-0.05, 0) is 19.8 Å². The third kappa shape index (κ3) is 3.25. The van der Waals surface area contributed by atoms with Crippen LogP contribution in [0.2, 0.25) is 0 Å². The number of benzene rings is 1. The van der Waals surface area contributed by atoms with Crippen molar-refractivity contribution < 1.29 is 4.79 Å². The van der Waals surface area contributed by atoms with E-state index in [0.29, 0.717) is 6.42 Å². The molecule has 1 aliphatic rings. The number of ketones is 1. The van der Waals surface area contributed by atoms with Crippen LogP contribution in [-0.4, -0.2) is 18.9 Å². The second kappa shape index (κ2) is 6.23. The minimum Gasteiger partial charge on any atom is -0.371 e. The van der Waals surface area contributed by atoms with Crippen molar-refractivity contribution in [1.82, 2.24) is 10.6 Å². The molecule has 1 aromatic carbocycles. The first-order valence-electron chi connectivity index (χ1n) is 6.65. The molecule has 3 heteroatoms. The fourth-order valence-electron chi connectivity index (χ4n) is 2.12. The molecular formula is C16H20N2O. The van der Waals surface area contributed by atoms with E-state index in [2.05, 4.69) is 17.2 Å². The number of nitrogens with one attached hydrogen (secondary N) is 2. The van der Waals surface area contributed by atoms with Gasteiger partial charge in [0.15, 0.2) is 5.78 Å². The van der Waals surface area contributed by atoms with Gasteiger partial charge in [0.25, 0.3) is 0 Å². The van der Waals surface area contributed by atoms with Crippen LogP contribution in [0.3, 0.4) is 0 Å². The van der Waals surface area contributed by atoms with E-state index < -0.39 is 0 Å². The minimum atomic E-state index is 0.0665. The number of hydrogen-bond donors (Lipinski definition) is 2. The summed E-state index contributed by atoms with van der Waals surface area (Å²) in [5.41, 5.74) is 2.64. The largest absolute Gasteiger partial charge is 0.371 e. The van der Waals surface area contributed by atoms with Crippen LogP contribution in [0.5, 0.6) is 0 Å². The van der Waals surface area contributed by atoms with Gasteiger partial charge in [-0.15, -0.1) is 6.58 Å². The smallest absolute Gasteiger partial charge is 0.192 e. The van der Waals surface area contributed by atoms with Crippen molar-refractivity contribution in [2.24, 2.45) is 0 Å². The molecule has 0 aliphatic carbocycles. The topological polar surface area (TPSA) is 41.1 Å². The molecule has 1 fully saturated rings. The van der Waals surface area contributed by atoms with Gasteiger partial charge in [0, 0.05) is 24.2 Å². The van der Waals surface area contributed by atoms with Crippen molar-refractivity contribution in [3.63, 3.8) is 0 Å². The predicted octanol–water partition coefficient (Wildman–Crippen LogP) is 2.55. The van der Waals surface area contributed by atoms with Gasteiger partial charge in [0.05, 0.1) is 0 Å². The molecule has 0 saturated carbocycles. The van der Waals surface area contributed by atoms with Crippen LogP contribution in [0.15, 0.2) is 48.3 Å². The number of rotatable bonds is 4. The van der Waals surface area contributed by atoms with Crippen LogP contribution in [0.4, 0.5) is 0 Å². The monoisotopic (exact) mass is 256 g/mol. The summed E-state index contributed by atoms with van der Waals surface area (Å²) >= 11 is 0. The van der Waals surface area contributed by atoms with E-state index >= 15 is 0 Å². The quantitative estimate of drug-likeness (QED) is 0.494. The zero-order chi connectivity index (χ0) is 13.7. The molecule has 1 heterocycles. The fourth-order valence-corrected chi connectivity index (χ4v) is 2.12. The Labute approximate surface area is 114 Å². The molecule has 0 radical (unpaired) electrons. The maximum Gasteiger partial charge on any atom is 0.192 e. The molecule has 1 aromatic rings. The maximum absolute atomic E-state index is 12.6. The van der Waals surface area contributed by atoms with Crippen molar-refractivity contribution in [3.8, 4) is 0 Å². The average Bonchev–Trinajstić information content (AvgIpc) is 2.46. The summed E-state index contributed by atoms with van der Waals surface area (Å²) in [5, 5.41) is 6.53. The van der Waals surface area contributed by atoms with Crippen LogP contribution < -0.4 is 10.6 Å². The summed E-state index contributed by atoms with van der Waals surface area (Å²) in [4.78, 5) is 12.6. The van der Waals surface area contributed by atoms with Crippen LogP contribution in [0.25, 0.3) is 0 Å². The second-order valence-electron chi connectivity index (χ2n) is 4.75. The Morgan fingerprint density at radius 1 is 1.26 bits per heavy atom. The number of allylic oxidation sites excluding steroid dienone is 2. The summed E-state index contributed by atoms with van der Waals surface area (Å²) < 4.78 is 0. The standard InChI is InChI=1S/C16H20N2O/c1-3-5-14(16-17-10-4-11-18-16)15(19)13-8-6-12(2)7-9-13/h3,6-9,17-18H,1,4-5,10-11H2,2H3. The van der Waals surface area contributed by atoms with E-state index in [1.165, 1.54) is 0 Å². The van der Waals surface area contributed by atoms with E-state index in [-0.39, 0.29) is 5.78 Å². The summed E-state index contributed by atoms with van der Waals surface area (Å²) in [5.74, 6) is 0.925. The van der Waals surface area contributed by atoms with E-state index in [4.69, 9.17) is 0 Å². The Kier molecular flexibility index (Phi) is 4.39. The molecule has 0 aromatic heterocycles. The van der Waals surface area contributed by atoms with Crippen LogP contribution in [0.1, 0.15) is 28.8 Å². The lowest BCUT2D eigenvalue weighted by atomic mass is 9.99. The van der Waals surface area contributed by atoms with Crippen molar-refractivity contribution in [2.45, 2.75) is 19.8 Å². The Morgan fingerprint density at radius 2 is 1.89 bits per heavy atom. The normalized spacial score (nSPS) is 14.3. The van der Waals surface area contributed by atoms with Crippen LogP contribution in [0, 0.1) is 6.92 Å². The third-order valence-electron chi connectivity index (χ3n) is 3.20. The summed E-state index contributed by atoms with van der Waals surface area (Å²) in [7, 11) is 0.